The van der Waals surface area contributed by atoms with Gasteiger partial charge in [-0.25, -0.2) is 4.98 Å². The molecule has 0 amide bonds. The van der Waals surface area contributed by atoms with Gasteiger partial charge >= 0.3 is 0 Å². The van der Waals surface area contributed by atoms with E-state index in [0.717, 1.165) is 11.6 Å². The number of methoxy groups -OCH3 is 1. The molecule has 0 spiro atoms. The van der Waals surface area contributed by atoms with Crippen LogP contribution in [0.3, 0.4) is 0 Å². The Labute approximate surface area is 116 Å². The Kier molecular flexibility index (Phi) is 3.93. The van der Waals surface area contributed by atoms with Crippen LogP contribution in [0, 0.1) is 0 Å². The summed E-state index contributed by atoms with van der Waals surface area (Å²) in [6.07, 6.45) is 0.986. The summed E-state index contributed by atoms with van der Waals surface area (Å²) in [4.78, 5) is 4.20. The van der Waals surface area contributed by atoms with Crippen molar-refractivity contribution >= 4 is 32.6 Å². The Morgan fingerprint density at radius 1 is 1.32 bits per heavy atom. The smallest absolute Gasteiger partial charge is 0.264 e. The molecule has 1 aromatic carbocycles. The van der Waals surface area contributed by atoms with Gasteiger partial charge in [0.25, 0.3) is 10.1 Å². The molecule has 2 aromatic rings. The van der Waals surface area contributed by atoms with E-state index in [-0.39, 0.29) is 11.8 Å². The van der Waals surface area contributed by atoms with E-state index in [4.69, 9.17) is 20.5 Å². The lowest BCUT2D eigenvalue weighted by Gasteiger charge is -2.07. The minimum atomic E-state index is -3.51. The first-order valence-electron chi connectivity index (χ1n) is 5.36. The van der Waals surface area contributed by atoms with Crippen LogP contribution >= 0.6 is 11.6 Å². The van der Waals surface area contributed by atoms with Crippen molar-refractivity contribution in [2.75, 3.05) is 13.4 Å². The van der Waals surface area contributed by atoms with Gasteiger partial charge in [0.1, 0.15) is 10.9 Å². The Hall–Kier alpha value is -1.37. The molecular formula is C12H12ClNO4S. The fourth-order valence-corrected chi connectivity index (χ4v) is 2.11. The van der Waals surface area contributed by atoms with Crippen molar-refractivity contribution in [2.45, 2.75) is 6.61 Å². The molecule has 0 aliphatic carbocycles. The molecule has 0 radical (unpaired) electrons. The molecule has 0 unspecified atom stereocenters. The first kappa shape index (κ1) is 14.0. The van der Waals surface area contributed by atoms with Crippen LogP contribution in [0.15, 0.2) is 24.3 Å². The molecule has 0 bridgehead atoms. The zero-order valence-corrected chi connectivity index (χ0v) is 12.0. The zero-order chi connectivity index (χ0) is 14.0. The average Bonchev–Trinajstić information content (AvgIpc) is 2.34. The van der Waals surface area contributed by atoms with Crippen LogP contribution in [-0.4, -0.2) is 26.8 Å². The molecule has 0 saturated carbocycles. The third-order valence-electron chi connectivity index (χ3n) is 2.48. The highest BCUT2D eigenvalue weighted by Crippen LogP contribution is 2.24. The summed E-state index contributed by atoms with van der Waals surface area (Å²) in [5.41, 5.74) is 1.19. The van der Waals surface area contributed by atoms with Gasteiger partial charge in [-0.05, 0) is 18.2 Å². The molecule has 1 aromatic heterocycles. The van der Waals surface area contributed by atoms with Gasteiger partial charge in [0.15, 0.2) is 0 Å². The van der Waals surface area contributed by atoms with Crippen molar-refractivity contribution < 1.29 is 17.3 Å². The normalized spacial score (nSPS) is 11.7. The van der Waals surface area contributed by atoms with E-state index in [1.807, 2.05) is 6.07 Å². The number of pyridine rings is 1. The molecule has 102 valence electrons. The lowest BCUT2D eigenvalue weighted by atomic mass is 10.1. The Bertz CT molecular complexity index is 715. The summed E-state index contributed by atoms with van der Waals surface area (Å²) >= 11 is 6.00. The van der Waals surface area contributed by atoms with Crippen LogP contribution in [0.2, 0.25) is 5.15 Å². The van der Waals surface area contributed by atoms with Crippen molar-refractivity contribution in [3.8, 4) is 5.75 Å². The van der Waals surface area contributed by atoms with Crippen LogP contribution < -0.4 is 4.74 Å². The molecule has 0 aliphatic heterocycles. The Morgan fingerprint density at radius 2 is 2.05 bits per heavy atom. The second kappa shape index (κ2) is 5.32. The SMILES string of the molecule is COc1ccc2cc(COS(C)(=O)=O)c(Cl)nc2c1. The predicted molar refractivity (Wildman–Crippen MR) is 72.9 cm³/mol. The average molecular weight is 302 g/mol. The van der Waals surface area contributed by atoms with Gasteiger partial charge in [-0.2, -0.15) is 8.42 Å². The summed E-state index contributed by atoms with van der Waals surface area (Å²) in [6.45, 7) is -0.132. The standard InChI is InChI=1S/C12H12ClNO4S/c1-17-10-4-3-8-5-9(7-18-19(2,15)16)12(13)14-11(8)6-10/h3-6H,7H2,1-2H3. The molecule has 7 heteroatoms. The third kappa shape index (κ3) is 3.56. The van der Waals surface area contributed by atoms with Gasteiger partial charge in [-0.15, -0.1) is 0 Å². The molecule has 0 fully saturated rings. The summed E-state index contributed by atoms with van der Waals surface area (Å²) < 4.78 is 31.7. The van der Waals surface area contributed by atoms with Crippen LogP contribution in [0.4, 0.5) is 0 Å². The van der Waals surface area contributed by atoms with Crippen molar-refractivity contribution in [1.82, 2.24) is 4.98 Å². The Morgan fingerprint density at radius 3 is 2.68 bits per heavy atom. The maximum Gasteiger partial charge on any atom is 0.264 e. The molecule has 0 aliphatic rings. The monoisotopic (exact) mass is 301 g/mol. The van der Waals surface area contributed by atoms with Crippen LogP contribution in [0.25, 0.3) is 10.9 Å². The topological polar surface area (TPSA) is 65.5 Å². The Balaban J connectivity index is 2.39. The molecule has 0 atom stereocenters. The first-order valence-corrected chi connectivity index (χ1v) is 7.56. The fraction of sp³-hybridized carbons (Fsp3) is 0.250. The maximum absolute atomic E-state index is 11.0. The second-order valence-electron chi connectivity index (χ2n) is 3.96. The maximum atomic E-state index is 11.0. The van der Waals surface area contributed by atoms with E-state index in [1.165, 1.54) is 0 Å². The van der Waals surface area contributed by atoms with Gasteiger partial charge in [0.05, 0.1) is 25.5 Å². The number of hydrogen-bond acceptors (Lipinski definition) is 5. The molecule has 1 heterocycles. The third-order valence-corrected chi connectivity index (χ3v) is 3.35. The zero-order valence-electron chi connectivity index (χ0n) is 10.4. The summed E-state index contributed by atoms with van der Waals surface area (Å²) in [5.74, 6) is 0.677. The van der Waals surface area contributed by atoms with E-state index in [1.54, 1.807) is 25.3 Å². The number of nitrogens with zero attached hydrogens (tertiary/aromatic N) is 1. The second-order valence-corrected chi connectivity index (χ2v) is 5.97. The van der Waals surface area contributed by atoms with Gasteiger partial charge in [0.2, 0.25) is 0 Å². The van der Waals surface area contributed by atoms with Crippen LogP contribution in [0.5, 0.6) is 5.75 Å². The van der Waals surface area contributed by atoms with Gasteiger partial charge in [-0.1, -0.05) is 11.6 Å². The van der Waals surface area contributed by atoms with Crippen molar-refractivity contribution in [3.63, 3.8) is 0 Å². The number of halogens is 1. The predicted octanol–water partition coefficient (Wildman–Crippen LogP) is 2.37. The summed E-state index contributed by atoms with van der Waals surface area (Å²) in [6, 6.07) is 7.11. The molecule has 0 saturated heterocycles. The number of rotatable bonds is 4. The van der Waals surface area contributed by atoms with E-state index in [2.05, 4.69) is 4.98 Å². The minimum absolute atomic E-state index is 0.132. The van der Waals surface area contributed by atoms with E-state index in [0.29, 0.717) is 16.8 Å². The van der Waals surface area contributed by atoms with Gasteiger partial charge in [-0.3, -0.25) is 4.18 Å². The van der Waals surface area contributed by atoms with Crippen molar-refractivity contribution in [3.05, 3.63) is 35.0 Å². The lowest BCUT2D eigenvalue weighted by Crippen LogP contribution is -2.03. The highest BCUT2D eigenvalue weighted by Gasteiger charge is 2.09. The first-order chi connectivity index (χ1) is 8.89. The van der Waals surface area contributed by atoms with Gasteiger partial charge in [0, 0.05) is 17.0 Å². The highest BCUT2D eigenvalue weighted by molar-refractivity contribution is 7.85. The molecule has 0 N–H and O–H groups in total. The van der Waals surface area contributed by atoms with Crippen molar-refractivity contribution in [1.29, 1.82) is 0 Å². The number of aromatic nitrogens is 1. The largest absolute Gasteiger partial charge is 0.497 e. The van der Waals surface area contributed by atoms with Crippen molar-refractivity contribution in [2.24, 2.45) is 0 Å². The summed E-state index contributed by atoms with van der Waals surface area (Å²) in [5, 5.41) is 1.04. The number of hydrogen-bond donors (Lipinski definition) is 0. The molecule has 2 rings (SSSR count). The van der Waals surface area contributed by atoms with E-state index >= 15 is 0 Å². The van der Waals surface area contributed by atoms with E-state index in [9.17, 15) is 8.42 Å². The van der Waals surface area contributed by atoms with Crippen LogP contribution in [-0.2, 0) is 20.9 Å². The lowest BCUT2D eigenvalue weighted by molar-refractivity contribution is 0.311. The minimum Gasteiger partial charge on any atom is -0.497 e. The molecule has 5 nitrogen and oxygen atoms in total. The number of fused-ring (bicyclic) bond motifs is 1. The number of benzene rings is 1. The number of ether oxygens (including phenoxy) is 1. The quantitative estimate of drug-likeness (QED) is 0.641. The van der Waals surface area contributed by atoms with E-state index < -0.39 is 10.1 Å². The molecule has 19 heavy (non-hydrogen) atoms. The molecular weight excluding hydrogens is 290 g/mol. The summed E-state index contributed by atoms with van der Waals surface area (Å²) in [7, 11) is -1.94. The highest BCUT2D eigenvalue weighted by atomic mass is 35.5. The van der Waals surface area contributed by atoms with Gasteiger partial charge < -0.3 is 4.74 Å². The van der Waals surface area contributed by atoms with Crippen LogP contribution in [0.1, 0.15) is 5.56 Å². The fourth-order valence-electron chi connectivity index (χ4n) is 1.57.